The lowest BCUT2D eigenvalue weighted by Gasteiger charge is -2.42. The molecule has 1 fully saturated rings. The standard InChI is InChI=1S/C15H20FNO/c1-10-4-3-7-15(10)9-13(17-2)12-8-11(16)5-6-14(12)18-15/h5-6,8,10,13,17H,3-4,7,9H2,1-2H3. The zero-order valence-electron chi connectivity index (χ0n) is 11.0. The van der Waals surface area contributed by atoms with Crippen LogP contribution >= 0.6 is 0 Å². The van der Waals surface area contributed by atoms with Gasteiger partial charge in [0.2, 0.25) is 0 Å². The molecule has 98 valence electrons. The topological polar surface area (TPSA) is 21.3 Å². The molecule has 0 aromatic heterocycles. The lowest BCUT2D eigenvalue weighted by Crippen LogP contribution is -2.45. The van der Waals surface area contributed by atoms with Gasteiger partial charge < -0.3 is 10.1 Å². The van der Waals surface area contributed by atoms with Crippen molar-refractivity contribution < 1.29 is 9.13 Å². The van der Waals surface area contributed by atoms with E-state index in [0.717, 1.165) is 24.2 Å². The molecule has 1 aliphatic carbocycles. The van der Waals surface area contributed by atoms with Gasteiger partial charge in [-0.1, -0.05) is 6.92 Å². The van der Waals surface area contributed by atoms with Crippen LogP contribution < -0.4 is 10.1 Å². The normalized spacial score (nSPS) is 34.4. The number of fused-ring (bicyclic) bond motifs is 1. The van der Waals surface area contributed by atoms with Crippen LogP contribution in [0.5, 0.6) is 5.75 Å². The molecule has 2 nitrogen and oxygen atoms in total. The summed E-state index contributed by atoms with van der Waals surface area (Å²) in [6.07, 6.45) is 4.52. The molecule has 3 atom stereocenters. The number of nitrogens with one attached hydrogen (secondary N) is 1. The van der Waals surface area contributed by atoms with E-state index in [-0.39, 0.29) is 17.5 Å². The SMILES string of the molecule is CNC1CC2(CCCC2C)Oc2ccc(F)cc21. The van der Waals surface area contributed by atoms with Crippen LogP contribution in [0.3, 0.4) is 0 Å². The Bertz CT molecular complexity index is 462. The fraction of sp³-hybridized carbons (Fsp3) is 0.600. The molecule has 1 saturated carbocycles. The van der Waals surface area contributed by atoms with Crippen molar-refractivity contribution >= 4 is 0 Å². The summed E-state index contributed by atoms with van der Waals surface area (Å²) in [7, 11) is 1.94. The second-order valence-electron chi connectivity index (χ2n) is 5.69. The fourth-order valence-electron chi connectivity index (χ4n) is 3.53. The molecular formula is C15H20FNO. The zero-order valence-corrected chi connectivity index (χ0v) is 11.0. The van der Waals surface area contributed by atoms with Crippen LogP contribution in [-0.2, 0) is 0 Å². The van der Waals surface area contributed by atoms with Gasteiger partial charge in [-0.05, 0) is 50.4 Å². The molecule has 3 rings (SSSR count). The van der Waals surface area contributed by atoms with Gasteiger partial charge >= 0.3 is 0 Å². The third-order valence-corrected chi connectivity index (χ3v) is 4.69. The third-order valence-electron chi connectivity index (χ3n) is 4.69. The average molecular weight is 249 g/mol. The van der Waals surface area contributed by atoms with Gasteiger partial charge in [-0.3, -0.25) is 0 Å². The van der Waals surface area contributed by atoms with Gasteiger partial charge in [0.05, 0.1) is 0 Å². The van der Waals surface area contributed by atoms with Crippen LogP contribution in [0, 0.1) is 11.7 Å². The van der Waals surface area contributed by atoms with Crippen molar-refractivity contribution in [3.63, 3.8) is 0 Å². The number of halogens is 1. The Hall–Kier alpha value is -1.09. The average Bonchev–Trinajstić information content (AvgIpc) is 2.70. The van der Waals surface area contributed by atoms with Crippen molar-refractivity contribution in [1.82, 2.24) is 5.32 Å². The maximum atomic E-state index is 13.4. The van der Waals surface area contributed by atoms with E-state index in [1.54, 1.807) is 12.1 Å². The highest BCUT2D eigenvalue weighted by molar-refractivity contribution is 5.39. The lowest BCUT2D eigenvalue weighted by molar-refractivity contribution is 0.00260. The summed E-state index contributed by atoms with van der Waals surface area (Å²) < 4.78 is 19.6. The minimum Gasteiger partial charge on any atom is -0.487 e. The molecule has 3 unspecified atom stereocenters. The molecule has 0 radical (unpaired) electrons. The molecule has 0 bridgehead atoms. The summed E-state index contributed by atoms with van der Waals surface area (Å²) in [4.78, 5) is 0. The van der Waals surface area contributed by atoms with E-state index < -0.39 is 0 Å². The van der Waals surface area contributed by atoms with E-state index >= 15 is 0 Å². The molecule has 2 aliphatic rings. The number of benzene rings is 1. The smallest absolute Gasteiger partial charge is 0.125 e. The molecule has 1 spiro atoms. The Kier molecular flexibility index (Phi) is 2.81. The van der Waals surface area contributed by atoms with Crippen LogP contribution in [-0.4, -0.2) is 12.6 Å². The Labute approximate surface area is 108 Å². The molecule has 1 heterocycles. The maximum absolute atomic E-state index is 13.4. The minimum absolute atomic E-state index is 0.0431. The third kappa shape index (κ3) is 1.72. The quantitative estimate of drug-likeness (QED) is 0.823. The van der Waals surface area contributed by atoms with Gasteiger partial charge in [-0.25, -0.2) is 4.39 Å². The molecule has 0 saturated heterocycles. The molecule has 0 amide bonds. The van der Waals surface area contributed by atoms with Crippen LogP contribution in [0.1, 0.15) is 44.2 Å². The highest BCUT2D eigenvalue weighted by atomic mass is 19.1. The Balaban J connectivity index is 2.02. The molecule has 3 heteroatoms. The Morgan fingerprint density at radius 2 is 2.28 bits per heavy atom. The summed E-state index contributed by atoms with van der Waals surface area (Å²) in [6, 6.07) is 5.07. The Morgan fingerprint density at radius 3 is 2.94 bits per heavy atom. The number of hydrogen-bond acceptors (Lipinski definition) is 2. The van der Waals surface area contributed by atoms with Gasteiger partial charge in [0.1, 0.15) is 17.2 Å². The minimum atomic E-state index is -0.187. The summed E-state index contributed by atoms with van der Waals surface area (Å²) in [5.41, 5.74) is 0.917. The highest BCUT2D eigenvalue weighted by Crippen LogP contribution is 2.49. The molecule has 1 aromatic carbocycles. The largest absolute Gasteiger partial charge is 0.487 e. The Morgan fingerprint density at radius 1 is 1.44 bits per heavy atom. The summed E-state index contributed by atoms with van der Waals surface area (Å²) >= 11 is 0. The summed E-state index contributed by atoms with van der Waals surface area (Å²) in [5.74, 6) is 1.25. The van der Waals surface area contributed by atoms with Gasteiger partial charge in [0, 0.05) is 18.0 Å². The highest BCUT2D eigenvalue weighted by Gasteiger charge is 2.47. The maximum Gasteiger partial charge on any atom is 0.125 e. The first-order valence-electron chi connectivity index (χ1n) is 6.80. The van der Waals surface area contributed by atoms with Crippen LogP contribution in [0.2, 0.25) is 0 Å². The van der Waals surface area contributed by atoms with E-state index in [4.69, 9.17) is 4.74 Å². The van der Waals surface area contributed by atoms with Crippen molar-refractivity contribution in [2.75, 3.05) is 7.05 Å². The van der Waals surface area contributed by atoms with Gasteiger partial charge in [-0.2, -0.15) is 0 Å². The van der Waals surface area contributed by atoms with Gasteiger partial charge in [0.25, 0.3) is 0 Å². The molecule has 18 heavy (non-hydrogen) atoms. The van der Waals surface area contributed by atoms with Crippen molar-refractivity contribution in [3.05, 3.63) is 29.6 Å². The fourth-order valence-corrected chi connectivity index (χ4v) is 3.53. The van der Waals surface area contributed by atoms with E-state index in [2.05, 4.69) is 12.2 Å². The number of ether oxygens (including phenoxy) is 1. The predicted octanol–water partition coefficient (Wildman–Crippen LogP) is 3.43. The van der Waals surface area contributed by atoms with Crippen LogP contribution in [0.15, 0.2) is 18.2 Å². The van der Waals surface area contributed by atoms with Crippen molar-refractivity contribution in [2.45, 2.75) is 44.2 Å². The first kappa shape index (κ1) is 12.0. The number of hydrogen-bond donors (Lipinski definition) is 1. The predicted molar refractivity (Wildman–Crippen MR) is 69.2 cm³/mol. The first-order chi connectivity index (χ1) is 8.64. The monoisotopic (exact) mass is 249 g/mol. The second-order valence-corrected chi connectivity index (χ2v) is 5.69. The van der Waals surface area contributed by atoms with E-state index in [9.17, 15) is 4.39 Å². The van der Waals surface area contributed by atoms with Crippen molar-refractivity contribution in [3.8, 4) is 5.75 Å². The van der Waals surface area contributed by atoms with Crippen LogP contribution in [0.4, 0.5) is 4.39 Å². The molecular weight excluding hydrogens is 229 g/mol. The summed E-state index contributed by atoms with van der Waals surface area (Å²) in [5, 5.41) is 3.31. The van der Waals surface area contributed by atoms with Crippen LogP contribution in [0.25, 0.3) is 0 Å². The second kappa shape index (κ2) is 4.23. The van der Waals surface area contributed by atoms with E-state index in [1.807, 2.05) is 7.05 Å². The molecule has 1 aromatic rings. The van der Waals surface area contributed by atoms with Gasteiger partial charge in [-0.15, -0.1) is 0 Å². The van der Waals surface area contributed by atoms with Crippen molar-refractivity contribution in [2.24, 2.45) is 5.92 Å². The van der Waals surface area contributed by atoms with E-state index in [1.165, 1.54) is 18.9 Å². The zero-order chi connectivity index (χ0) is 12.8. The molecule has 1 N–H and O–H groups in total. The lowest BCUT2D eigenvalue weighted by atomic mass is 9.81. The van der Waals surface area contributed by atoms with Gasteiger partial charge in [0.15, 0.2) is 0 Å². The summed E-state index contributed by atoms with van der Waals surface area (Å²) in [6.45, 7) is 2.27. The van der Waals surface area contributed by atoms with E-state index in [0.29, 0.717) is 5.92 Å². The number of rotatable bonds is 1. The first-order valence-corrected chi connectivity index (χ1v) is 6.80. The molecule has 1 aliphatic heterocycles. The van der Waals surface area contributed by atoms with Crippen molar-refractivity contribution in [1.29, 1.82) is 0 Å².